The quantitative estimate of drug-likeness (QED) is 0.425. The third-order valence-electron chi connectivity index (χ3n) is 1.18. The first-order chi connectivity index (χ1) is 5.63. The molecule has 6 heteroatoms. The first-order valence-electron chi connectivity index (χ1n) is 3.32. The number of carbonyl (C=O) groups is 1. The Hall–Kier alpha value is -0.420. The molecule has 2 N–H and O–H groups in total. The summed E-state index contributed by atoms with van der Waals surface area (Å²) in [4.78, 5) is 11.5. The molecular weight excluding hydrogens is 200 g/mol. The van der Waals surface area contributed by atoms with Crippen LogP contribution in [0.5, 0.6) is 0 Å². The second-order valence-corrected chi connectivity index (χ2v) is 3.16. The van der Waals surface area contributed by atoms with E-state index in [4.69, 9.17) is 22.1 Å². The highest BCUT2D eigenvalue weighted by molar-refractivity contribution is 8.13. The van der Waals surface area contributed by atoms with E-state index >= 15 is 0 Å². The van der Waals surface area contributed by atoms with E-state index in [1.54, 1.807) is 6.26 Å². The van der Waals surface area contributed by atoms with Crippen LogP contribution in [0.15, 0.2) is 0 Å². The van der Waals surface area contributed by atoms with Gasteiger partial charge >= 0.3 is 6.09 Å². The van der Waals surface area contributed by atoms with Crippen LogP contribution in [0.25, 0.3) is 0 Å². The largest absolute Gasteiger partial charge is 0.465 e. The summed E-state index contributed by atoms with van der Waals surface area (Å²) in [5.74, 6) is 0.408. The summed E-state index contributed by atoms with van der Waals surface area (Å²) in [6.45, 7) is 0.290. The van der Waals surface area contributed by atoms with Crippen LogP contribution < -0.4 is 0 Å². The van der Waals surface area contributed by atoms with Gasteiger partial charge in [-0.15, -0.1) is 11.6 Å². The minimum atomic E-state index is -1.10. The summed E-state index contributed by atoms with van der Waals surface area (Å²) in [5, 5.41) is 15.9. The second kappa shape index (κ2) is 6.14. The Labute approximate surface area is 80.4 Å². The average molecular weight is 211 g/mol. The van der Waals surface area contributed by atoms with Crippen LogP contribution in [-0.2, 0) is 0 Å². The molecule has 0 heterocycles. The van der Waals surface area contributed by atoms with Crippen LogP contribution in [0, 0.1) is 5.41 Å². The van der Waals surface area contributed by atoms with Crippen molar-refractivity contribution in [1.29, 1.82) is 5.41 Å². The second-order valence-electron chi connectivity index (χ2n) is 1.99. The van der Waals surface area contributed by atoms with Crippen LogP contribution in [0.2, 0.25) is 0 Å². The van der Waals surface area contributed by atoms with Crippen molar-refractivity contribution in [2.75, 3.05) is 18.7 Å². The van der Waals surface area contributed by atoms with E-state index in [1.807, 2.05) is 0 Å². The molecule has 0 fully saturated rings. The zero-order valence-corrected chi connectivity index (χ0v) is 8.28. The van der Waals surface area contributed by atoms with Crippen molar-refractivity contribution >= 4 is 34.6 Å². The Bertz CT molecular complexity index is 177. The van der Waals surface area contributed by atoms with Crippen LogP contribution in [0.4, 0.5) is 4.79 Å². The molecule has 0 radical (unpaired) electrons. The van der Waals surface area contributed by atoms with Gasteiger partial charge in [-0.05, 0) is 12.7 Å². The van der Waals surface area contributed by atoms with E-state index in [0.29, 0.717) is 18.8 Å². The number of hydrogen-bond donors (Lipinski definition) is 2. The SMILES string of the molecule is CSC(=N)N(CCCCl)C(=O)O. The number of nitrogens with zero attached hydrogens (tertiary/aromatic N) is 1. The molecule has 4 nitrogen and oxygen atoms in total. The highest BCUT2D eigenvalue weighted by Crippen LogP contribution is 2.04. The zero-order valence-electron chi connectivity index (χ0n) is 6.71. The van der Waals surface area contributed by atoms with Gasteiger partial charge < -0.3 is 5.11 Å². The monoisotopic (exact) mass is 210 g/mol. The molecule has 1 amide bonds. The van der Waals surface area contributed by atoms with Gasteiger partial charge in [0, 0.05) is 12.4 Å². The van der Waals surface area contributed by atoms with Gasteiger partial charge in [0.1, 0.15) is 0 Å². The lowest BCUT2D eigenvalue weighted by molar-refractivity contribution is 0.170. The summed E-state index contributed by atoms with van der Waals surface area (Å²) in [6, 6.07) is 0. The van der Waals surface area contributed by atoms with E-state index in [9.17, 15) is 4.79 Å². The fourth-order valence-electron chi connectivity index (χ4n) is 0.612. The van der Waals surface area contributed by atoms with Crippen LogP contribution in [-0.4, -0.2) is 39.9 Å². The van der Waals surface area contributed by atoms with Gasteiger partial charge in [0.25, 0.3) is 0 Å². The Kier molecular flexibility index (Phi) is 5.92. The zero-order chi connectivity index (χ0) is 9.56. The highest BCUT2D eigenvalue weighted by Gasteiger charge is 2.15. The number of alkyl halides is 1. The van der Waals surface area contributed by atoms with Gasteiger partial charge in [-0.2, -0.15) is 0 Å². The van der Waals surface area contributed by atoms with Gasteiger partial charge in [0.05, 0.1) is 0 Å². The number of rotatable bonds is 3. The van der Waals surface area contributed by atoms with Crippen LogP contribution in [0.1, 0.15) is 6.42 Å². The lowest BCUT2D eigenvalue weighted by atomic mass is 10.4. The van der Waals surface area contributed by atoms with Crippen molar-refractivity contribution in [3.05, 3.63) is 0 Å². The molecule has 0 aliphatic carbocycles. The molecule has 0 bridgehead atoms. The molecule has 70 valence electrons. The van der Waals surface area contributed by atoms with Gasteiger partial charge in [-0.1, -0.05) is 11.8 Å². The molecule has 0 aliphatic rings. The molecule has 0 aromatic rings. The van der Waals surface area contributed by atoms with Crippen LogP contribution >= 0.6 is 23.4 Å². The van der Waals surface area contributed by atoms with E-state index in [1.165, 1.54) is 0 Å². The lowest BCUT2D eigenvalue weighted by Crippen LogP contribution is -2.34. The van der Waals surface area contributed by atoms with Crippen molar-refractivity contribution in [1.82, 2.24) is 4.90 Å². The summed E-state index contributed by atoms with van der Waals surface area (Å²) in [6.07, 6.45) is 1.13. The smallest absolute Gasteiger partial charge is 0.413 e. The fourth-order valence-corrected chi connectivity index (χ4v) is 1.12. The van der Waals surface area contributed by atoms with E-state index in [-0.39, 0.29) is 5.17 Å². The van der Waals surface area contributed by atoms with E-state index in [0.717, 1.165) is 16.7 Å². The molecular formula is C6H11ClN2O2S. The van der Waals surface area contributed by atoms with Crippen molar-refractivity contribution in [3.63, 3.8) is 0 Å². The Morgan fingerprint density at radius 1 is 1.75 bits per heavy atom. The maximum Gasteiger partial charge on any atom is 0.413 e. The van der Waals surface area contributed by atoms with Crippen LogP contribution in [0.3, 0.4) is 0 Å². The van der Waals surface area contributed by atoms with Gasteiger partial charge in [0.2, 0.25) is 0 Å². The summed E-state index contributed by atoms with van der Waals surface area (Å²) >= 11 is 6.50. The minimum absolute atomic E-state index is 0.0348. The van der Waals surface area contributed by atoms with Crippen molar-refractivity contribution < 1.29 is 9.90 Å². The molecule has 0 unspecified atom stereocenters. The number of amides is 1. The number of halogens is 1. The first-order valence-corrected chi connectivity index (χ1v) is 5.08. The molecule has 0 aromatic carbocycles. The van der Waals surface area contributed by atoms with Gasteiger partial charge in [-0.3, -0.25) is 10.3 Å². The molecule has 0 saturated heterocycles. The van der Waals surface area contributed by atoms with E-state index in [2.05, 4.69) is 0 Å². The lowest BCUT2D eigenvalue weighted by Gasteiger charge is -2.17. The van der Waals surface area contributed by atoms with Gasteiger partial charge in [0.15, 0.2) is 5.17 Å². The third-order valence-corrected chi connectivity index (χ3v) is 2.06. The normalized spacial score (nSPS) is 9.50. The maximum absolute atomic E-state index is 10.5. The standard InChI is InChI=1S/C6H11ClN2O2S/c1-12-5(8)9(6(10)11)4-2-3-7/h8H,2-4H2,1H3,(H,10,11). The molecule has 0 spiro atoms. The Morgan fingerprint density at radius 3 is 2.67 bits per heavy atom. The summed E-state index contributed by atoms with van der Waals surface area (Å²) < 4.78 is 0. The number of thioether (sulfide) groups is 1. The van der Waals surface area contributed by atoms with E-state index < -0.39 is 6.09 Å². The van der Waals surface area contributed by atoms with Crippen molar-refractivity contribution in [2.24, 2.45) is 0 Å². The average Bonchev–Trinajstić information content (AvgIpc) is 2.04. The number of hydrogen-bond acceptors (Lipinski definition) is 3. The van der Waals surface area contributed by atoms with Gasteiger partial charge in [-0.25, -0.2) is 4.79 Å². The Morgan fingerprint density at radius 2 is 2.33 bits per heavy atom. The predicted octanol–water partition coefficient (Wildman–Crippen LogP) is 1.89. The third kappa shape index (κ3) is 3.82. The number of nitrogens with one attached hydrogen (secondary N) is 1. The molecule has 0 aliphatic heterocycles. The number of amidine groups is 1. The fraction of sp³-hybridized carbons (Fsp3) is 0.667. The summed E-state index contributed by atoms with van der Waals surface area (Å²) in [5.41, 5.74) is 0. The molecule has 12 heavy (non-hydrogen) atoms. The molecule has 0 aromatic heterocycles. The maximum atomic E-state index is 10.5. The topological polar surface area (TPSA) is 64.4 Å². The summed E-state index contributed by atoms with van der Waals surface area (Å²) in [7, 11) is 0. The molecule has 0 saturated carbocycles. The number of carboxylic acid groups (broad SMARTS) is 1. The first kappa shape index (κ1) is 11.6. The molecule has 0 rings (SSSR count). The highest BCUT2D eigenvalue weighted by atomic mass is 35.5. The minimum Gasteiger partial charge on any atom is -0.465 e. The molecule has 0 atom stereocenters. The Balaban J connectivity index is 4.04. The predicted molar refractivity (Wildman–Crippen MR) is 51.3 cm³/mol. The van der Waals surface area contributed by atoms with Crippen molar-refractivity contribution in [3.8, 4) is 0 Å². The van der Waals surface area contributed by atoms with Crippen molar-refractivity contribution in [2.45, 2.75) is 6.42 Å².